The summed E-state index contributed by atoms with van der Waals surface area (Å²) in [5, 5.41) is 2.76. The summed E-state index contributed by atoms with van der Waals surface area (Å²) in [6.07, 6.45) is -2.02. The predicted molar refractivity (Wildman–Crippen MR) is 99.4 cm³/mol. The number of halogens is 4. The Morgan fingerprint density at radius 1 is 1.14 bits per heavy atom. The zero-order valence-electron chi connectivity index (χ0n) is 16.0. The van der Waals surface area contributed by atoms with Crippen molar-refractivity contribution in [2.45, 2.75) is 32.5 Å². The molecule has 0 radical (unpaired) electrons. The highest BCUT2D eigenvalue weighted by atomic mass is 19.4. The second kappa shape index (κ2) is 7.38. The molecule has 1 N–H and O–H groups in total. The van der Waals surface area contributed by atoms with Gasteiger partial charge in [-0.3, -0.25) is 4.79 Å². The van der Waals surface area contributed by atoms with Crippen molar-refractivity contribution < 1.29 is 27.1 Å². The van der Waals surface area contributed by atoms with Gasteiger partial charge in [-0.2, -0.15) is 13.2 Å². The maximum Gasteiger partial charge on any atom is 0.422 e. The van der Waals surface area contributed by atoms with Gasteiger partial charge in [0.2, 0.25) is 0 Å². The standard InChI is InChI=1S/C20H19F4N3O2/c1-19(2,3)26-18(28)15-10-27-9-12(21)8-14(17(27)25-15)13-6-4-5-7-16(13)29-11-20(22,23)24/h4-10H,11H2,1-3H3,(H,26,28). The summed E-state index contributed by atoms with van der Waals surface area (Å²) >= 11 is 0. The van der Waals surface area contributed by atoms with Crippen LogP contribution < -0.4 is 10.1 Å². The van der Waals surface area contributed by atoms with Gasteiger partial charge in [0, 0.05) is 29.1 Å². The number of nitrogens with zero attached hydrogens (tertiary/aromatic N) is 2. The zero-order valence-corrected chi connectivity index (χ0v) is 16.0. The van der Waals surface area contributed by atoms with Crippen LogP contribution in [0.15, 0.2) is 42.7 Å². The van der Waals surface area contributed by atoms with Gasteiger partial charge in [0.05, 0.1) is 0 Å². The van der Waals surface area contributed by atoms with Crippen LogP contribution in [0.1, 0.15) is 31.3 Å². The van der Waals surface area contributed by atoms with Gasteiger partial charge in [-0.15, -0.1) is 0 Å². The van der Waals surface area contributed by atoms with E-state index >= 15 is 0 Å². The highest BCUT2D eigenvalue weighted by molar-refractivity contribution is 5.94. The predicted octanol–water partition coefficient (Wildman–Crippen LogP) is 4.61. The topological polar surface area (TPSA) is 55.6 Å². The van der Waals surface area contributed by atoms with Crippen LogP contribution in [0.2, 0.25) is 0 Å². The lowest BCUT2D eigenvalue weighted by Crippen LogP contribution is -2.40. The van der Waals surface area contributed by atoms with E-state index in [0.29, 0.717) is 0 Å². The Balaban J connectivity index is 2.08. The second-order valence-electron chi connectivity index (χ2n) is 7.53. The first-order valence-corrected chi connectivity index (χ1v) is 8.73. The summed E-state index contributed by atoms with van der Waals surface area (Å²) in [5.74, 6) is -1.16. The number of rotatable bonds is 4. The average Bonchev–Trinajstić information content (AvgIpc) is 3.01. The van der Waals surface area contributed by atoms with E-state index in [1.807, 2.05) is 0 Å². The Hall–Kier alpha value is -3.10. The molecule has 2 heterocycles. The Kier molecular flexibility index (Phi) is 5.25. The summed E-state index contributed by atoms with van der Waals surface area (Å²) in [7, 11) is 0. The summed E-state index contributed by atoms with van der Waals surface area (Å²) in [4.78, 5) is 16.7. The monoisotopic (exact) mass is 409 g/mol. The number of hydrogen-bond acceptors (Lipinski definition) is 3. The molecule has 1 aromatic carbocycles. The average molecular weight is 409 g/mol. The zero-order chi connectivity index (χ0) is 21.4. The number of nitrogens with one attached hydrogen (secondary N) is 1. The molecular formula is C20H19F4N3O2. The van der Waals surface area contributed by atoms with E-state index in [0.717, 1.165) is 12.3 Å². The van der Waals surface area contributed by atoms with Gasteiger partial charge in [-0.05, 0) is 32.9 Å². The van der Waals surface area contributed by atoms with Crippen LogP contribution in [0.5, 0.6) is 5.75 Å². The maximum atomic E-state index is 14.2. The maximum absolute atomic E-state index is 14.2. The molecule has 0 saturated heterocycles. The molecule has 0 unspecified atom stereocenters. The molecule has 3 aromatic rings. The summed E-state index contributed by atoms with van der Waals surface area (Å²) in [6.45, 7) is 3.93. The Morgan fingerprint density at radius 3 is 2.48 bits per heavy atom. The van der Waals surface area contributed by atoms with Crippen molar-refractivity contribution in [1.82, 2.24) is 14.7 Å². The van der Waals surface area contributed by atoms with E-state index in [1.54, 1.807) is 26.8 Å². The number of benzene rings is 1. The molecule has 0 aliphatic rings. The smallest absolute Gasteiger partial charge is 0.422 e. The number of carbonyl (C=O) groups is 1. The molecule has 3 rings (SSSR count). The van der Waals surface area contributed by atoms with E-state index in [1.165, 1.54) is 28.8 Å². The minimum absolute atomic E-state index is 0.0560. The summed E-state index contributed by atoms with van der Waals surface area (Å²) in [6, 6.07) is 7.11. The van der Waals surface area contributed by atoms with Gasteiger partial charge in [0.25, 0.3) is 5.91 Å². The van der Waals surface area contributed by atoms with E-state index < -0.39 is 30.0 Å². The molecule has 9 heteroatoms. The number of amides is 1. The Bertz CT molecular complexity index is 1050. The molecule has 0 saturated carbocycles. The van der Waals surface area contributed by atoms with Gasteiger partial charge in [0.15, 0.2) is 6.61 Å². The number of fused-ring (bicyclic) bond motifs is 1. The number of pyridine rings is 1. The van der Waals surface area contributed by atoms with Crippen molar-refractivity contribution in [2.75, 3.05) is 6.61 Å². The lowest BCUT2D eigenvalue weighted by molar-refractivity contribution is -0.153. The summed E-state index contributed by atoms with van der Waals surface area (Å²) < 4.78 is 58.1. The van der Waals surface area contributed by atoms with Crippen molar-refractivity contribution in [2.24, 2.45) is 0 Å². The van der Waals surface area contributed by atoms with Crippen LogP contribution in [0.4, 0.5) is 17.6 Å². The van der Waals surface area contributed by atoms with Crippen molar-refractivity contribution >= 4 is 11.6 Å². The molecule has 1 amide bonds. The van der Waals surface area contributed by atoms with Gasteiger partial charge in [-0.1, -0.05) is 18.2 Å². The van der Waals surface area contributed by atoms with Crippen molar-refractivity contribution in [3.63, 3.8) is 0 Å². The van der Waals surface area contributed by atoms with Gasteiger partial charge in [0.1, 0.15) is 22.9 Å². The molecule has 29 heavy (non-hydrogen) atoms. The molecule has 0 aliphatic carbocycles. The van der Waals surface area contributed by atoms with Gasteiger partial charge >= 0.3 is 6.18 Å². The SMILES string of the molecule is CC(C)(C)NC(=O)c1cn2cc(F)cc(-c3ccccc3OCC(F)(F)F)c2n1. The van der Waals surface area contributed by atoms with E-state index in [9.17, 15) is 22.4 Å². The number of ether oxygens (including phenoxy) is 1. The molecule has 0 aliphatic heterocycles. The third-order valence-electron chi connectivity index (χ3n) is 3.81. The number of imidazole rings is 1. The number of alkyl halides is 3. The van der Waals surface area contributed by atoms with E-state index in [-0.39, 0.29) is 28.2 Å². The minimum Gasteiger partial charge on any atom is -0.483 e. The normalized spacial score (nSPS) is 12.2. The van der Waals surface area contributed by atoms with Crippen LogP contribution in [0.3, 0.4) is 0 Å². The molecule has 0 spiro atoms. The molecule has 5 nitrogen and oxygen atoms in total. The van der Waals surface area contributed by atoms with Crippen LogP contribution in [-0.2, 0) is 0 Å². The second-order valence-corrected chi connectivity index (χ2v) is 7.53. The fraction of sp³-hybridized carbons (Fsp3) is 0.300. The minimum atomic E-state index is -4.52. The molecule has 0 bridgehead atoms. The van der Waals surface area contributed by atoms with E-state index in [4.69, 9.17) is 4.74 Å². The van der Waals surface area contributed by atoms with Crippen molar-refractivity contribution in [3.05, 3.63) is 54.2 Å². The lowest BCUT2D eigenvalue weighted by atomic mass is 10.1. The number of hydrogen-bond donors (Lipinski definition) is 1. The molecule has 2 aromatic heterocycles. The highest BCUT2D eigenvalue weighted by Crippen LogP contribution is 2.34. The molecular weight excluding hydrogens is 390 g/mol. The first-order valence-electron chi connectivity index (χ1n) is 8.73. The van der Waals surface area contributed by atoms with Crippen LogP contribution in [-0.4, -0.2) is 33.6 Å². The largest absolute Gasteiger partial charge is 0.483 e. The van der Waals surface area contributed by atoms with Crippen LogP contribution >= 0.6 is 0 Å². The quantitative estimate of drug-likeness (QED) is 0.641. The number of aromatic nitrogens is 2. The van der Waals surface area contributed by atoms with Crippen molar-refractivity contribution in [3.8, 4) is 16.9 Å². The first-order chi connectivity index (χ1) is 13.4. The number of para-hydroxylation sites is 1. The van der Waals surface area contributed by atoms with E-state index in [2.05, 4.69) is 10.3 Å². The Morgan fingerprint density at radius 2 is 1.83 bits per heavy atom. The van der Waals surface area contributed by atoms with Gasteiger partial charge < -0.3 is 14.5 Å². The summed E-state index contributed by atoms with van der Waals surface area (Å²) in [5.41, 5.74) is 0.208. The molecule has 154 valence electrons. The number of carbonyl (C=O) groups excluding carboxylic acids is 1. The van der Waals surface area contributed by atoms with Gasteiger partial charge in [-0.25, -0.2) is 9.37 Å². The van der Waals surface area contributed by atoms with Crippen LogP contribution in [0.25, 0.3) is 16.8 Å². The van der Waals surface area contributed by atoms with Crippen LogP contribution in [0, 0.1) is 5.82 Å². The van der Waals surface area contributed by atoms with Crippen molar-refractivity contribution in [1.29, 1.82) is 0 Å². The fourth-order valence-corrected chi connectivity index (χ4v) is 2.75. The molecule has 0 atom stereocenters. The first kappa shape index (κ1) is 20.6. The lowest BCUT2D eigenvalue weighted by Gasteiger charge is -2.19. The molecule has 0 fully saturated rings. The Labute approximate surface area is 164 Å². The fourth-order valence-electron chi connectivity index (χ4n) is 2.75. The highest BCUT2D eigenvalue weighted by Gasteiger charge is 2.29. The third-order valence-corrected chi connectivity index (χ3v) is 3.81. The third kappa shape index (κ3) is 5.04.